The van der Waals surface area contributed by atoms with Gasteiger partial charge in [-0.2, -0.15) is 4.98 Å². The molecule has 0 saturated carbocycles. The van der Waals surface area contributed by atoms with Crippen molar-refractivity contribution in [1.82, 2.24) is 10.1 Å². The second-order valence-corrected chi connectivity index (χ2v) is 4.56. The molecule has 0 radical (unpaired) electrons. The van der Waals surface area contributed by atoms with Crippen LogP contribution in [0.25, 0.3) is 11.6 Å². The minimum absolute atomic E-state index is 0.464. The van der Waals surface area contributed by atoms with Crippen molar-refractivity contribution in [2.45, 2.75) is 6.42 Å². The maximum absolute atomic E-state index is 5.36. The number of furan rings is 1. The van der Waals surface area contributed by atoms with Crippen LogP contribution in [0.15, 0.2) is 56.1 Å². The zero-order chi connectivity index (χ0) is 12.4. The summed E-state index contributed by atoms with van der Waals surface area (Å²) in [5, 5.41) is 3.90. The number of halogens is 1. The van der Waals surface area contributed by atoms with Gasteiger partial charge in [-0.1, -0.05) is 35.5 Å². The number of hydrogen-bond acceptors (Lipinski definition) is 4. The summed E-state index contributed by atoms with van der Waals surface area (Å²) >= 11 is 3.24. The highest BCUT2D eigenvalue weighted by atomic mass is 79.9. The highest BCUT2D eigenvalue weighted by Crippen LogP contribution is 2.22. The summed E-state index contributed by atoms with van der Waals surface area (Å²) < 4.78 is 11.2. The Labute approximate surface area is 112 Å². The topological polar surface area (TPSA) is 52.1 Å². The van der Waals surface area contributed by atoms with Crippen LogP contribution in [0.3, 0.4) is 0 Å². The Hall–Kier alpha value is -1.88. The zero-order valence-corrected chi connectivity index (χ0v) is 10.9. The lowest BCUT2D eigenvalue weighted by Gasteiger charge is -1.93. The van der Waals surface area contributed by atoms with Gasteiger partial charge in [0.05, 0.1) is 6.42 Å². The Morgan fingerprint density at radius 3 is 2.61 bits per heavy atom. The molecule has 0 saturated heterocycles. The first-order valence-corrected chi connectivity index (χ1v) is 6.23. The third-order valence-electron chi connectivity index (χ3n) is 2.46. The molecule has 5 heteroatoms. The van der Waals surface area contributed by atoms with Crippen molar-refractivity contribution < 1.29 is 8.94 Å². The largest absolute Gasteiger partial charge is 0.446 e. The third kappa shape index (κ3) is 2.36. The van der Waals surface area contributed by atoms with E-state index in [-0.39, 0.29) is 0 Å². The normalized spacial score (nSPS) is 10.7. The Morgan fingerprint density at radius 2 is 1.89 bits per heavy atom. The molecule has 0 unspecified atom stereocenters. The van der Waals surface area contributed by atoms with E-state index in [1.807, 2.05) is 30.3 Å². The highest BCUT2D eigenvalue weighted by molar-refractivity contribution is 9.10. The van der Waals surface area contributed by atoms with Crippen LogP contribution in [0.2, 0.25) is 0 Å². The SMILES string of the molecule is Brc1ccc(-c2noc(Cc3ccccc3)n2)o1. The maximum Gasteiger partial charge on any atom is 0.238 e. The average molecular weight is 305 g/mol. The second kappa shape index (κ2) is 4.78. The molecule has 18 heavy (non-hydrogen) atoms. The van der Waals surface area contributed by atoms with Gasteiger partial charge in [0.15, 0.2) is 10.4 Å². The lowest BCUT2D eigenvalue weighted by atomic mass is 10.1. The first kappa shape index (κ1) is 11.2. The monoisotopic (exact) mass is 304 g/mol. The maximum atomic E-state index is 5.36. The van der Waals surface area contributed by atoms with Crippen LogP contribution in [0.1, 0.15) is 11.5 Å². The van der Waals surface area contributed by atoms with Crippen molar-refractivity contribution in [2.75, 3.05) is 0 Å². The molecule has 0 fully saturated rings. The molecule has 4 nitrogen and oxygen atoms in total. The van der Waals surface area contributed by atoms with Gasteiger partial charge in [-0.05, 0) is 33.6 Å². The van der Waals surface area contributed by atoms with E-state index in [9.17, 15) is 0 Å². The fourth-order valence-corrected chi connectivity index (χ4v) is 1.94. The van der Waals surface area contributed by atoms with Gasteiger partial charge in [-0.25, -0.2) is 0 Å². The van der Waals surface area contributed by atoms with E-state index in [2.05, 4.69) is 26.1 Å². The summed E-state index contributed by atoms with van der Waals surface area (Å²) in [4.78, 5) is 4.30. The van der Waals surface area contributed by atoms with Crippen molar-refractivity contribution in [2.24, 2.45) is 0 Å². The van der Waals surface area contributed by atoms with Crippen molar-refractivity contribution in [3.63, 3.8) is 0 Å². The molecule has 0 N–H and O–H groups in total. The van der Waals surface area contributed by atoms with Gasteiger partial charge in [0.25, 0.3) is 0 Å². The fourth-order valence-electron chi connectivity index (χ4n) is 1.63. The summed E-state index contributed by atoms with van der Waals surface area (Å²) in [5.41, 5.74) is 1.13. The van der Waals surface area contributed by atoms with Gasteiger partial charge in [0, 0.05) is 0 Å². The van der Waals surface area contributed by atoms with E-state index in [4.69, 9.17) is 8.94 Å². The predicted molar refractivity (Wildman–Crippen MR) is 68.9 cm³/mol. The average Bonchev–Trinajstić information content (AvgIpc) is 2.99. The molecule has 0 aliphatic heterocycles. The number of hydrogen-bond donors (Lipinski definition) is 0. The van der Waals surface area contributed by atoms with Crippen LogP contribution >= 0.6 is 15.9 Å². The van der Waals surface area contributed by atoms with E-state index < -0.39 is 0 Å². The molecule has 1 aromatic carbocycles. The molecule has 2 aromatic heterocycles. The van der Waals surface area contributed by atoms with E-state index in [0.29, 0.717) is 28.6 Å². The molecule has 0 atom stereocenters. The van der Waals surface area contributed by atoms with Crippen molar-refractivity contribution in [1.29, 1.82) is 0 Å². The van der Waals surface area contributed by atoms with Crippen molar-refractivity contribution in [3.05, 3.63) is 58.6 Å². The molecule has 0 bridgehead atoms. The zero-order valence-electron chi connectivity index (χ0n) is 9.34. The molecule has 3 rings (SSSR count). The smallest absolute Gasteiger partial charge is 0.238 e. The Morgan fingerprint density at radius 1 is 1.06 bits per heavy atom. The minimum atomic E-state index is 0.464. The molecule has 2 heterocycles. The van der Waals surface area contributed by atoms with Crippen molar-refractivity contribution in [3.8, 4) is 11.6 Å². The molecular formula is C13H9BrN2O2. The van der Waals surface area contributed by atoms with Gasteiger partial charge in [-0.3, -0.25) is 0 Å². The van der Waals surface area contributed by atoms with E-state index >= 15 is 0 Å². The summed E-state index contributed by atoms with van der Waals surface area (Å²) in [6.45, 7) is 0. The highest BCUT2D eigenvalue weighted by Gasteiger charge is 2.12. The second-order valence-electron chi connectivity index (χ2n) is 3.78. The lowest BCUT2D eigenvalue weighted by Crippen LogP contribution is -1.87. The molecule has 0 aliphatic rings. The van der Waals surface area contributed by atoms with Gasteiger partial charge in [0.1, 0.15) is 0 Å². The first-order valence-electron chi connectivity index (χ1n) is 5.43. The Bertz CT molecular complexity index is 646. The number of nitrogens with zero attached hydrogens (tertiary/aromatic N) is 2. The van der Waals surface area contributed by atoms with Crippen molar-refractivity contribution >= 4 is 15.9 Å². The Kier molecular flexibility index (Phi) is 2.98. The van der Waals surface area contributed by atoms with Gasteiger partial charge < -0.3 is 8.94 Å². The van der Waals surface area contributed by atoms with E-state index in [1.165, 1.54) is 0 Å². The van der Waals surface area contributed by atoms with Crippen LogP contribution in [0.5, 0.6) is 0 Å². The van der Waals surface area contributed by atoms with Crippen LogP contribution in [0.4, 0.5) is 0 Å². The Balaban J connectivity index is 1.82. The first-order chi connectivity index (χ1) is 8.81. The number of benzene rings is 1. The third-order valence-corrected chi connectivity index (χ3v) is 2.89. The van der Waals surface area contributed by atoms with Crippen LogP contribution < -0.4 is 0 Å². The quantitative estimate of drug-likeness (QED) is 0.740. The van der Waals surface area contributed by atoms with E-state index in [1.54, 1.807) is 12.1 Å². The van der Waals surface area contributed by atoms with Gasteiger partial charge >= 0.3 is 0 Å². The van der Waals surface area contributed by atoms with E-state index in [0.717, 1.165) is 5.56 Å². The fraction of sp³-hybridized carbons (Fsp3) is 0.0769. The molecule has 0 spiro atoms. The predicted octanol–water partition coefficient (Wildman–Crippen LogP) is 3.68. The summed E-state index contributed by atoms with van der Waals surface area (Å²) in [6.07, 6.45) is 0.621. The molecular weight excluding hydrogens is 296 g/mol. The van der Waals surface area contributed by atoms with Gasteiger partial charge in [-0.15, -0.1) is 0 Å². The molecule has 0 aliphatic carbocycles. The molecule has 3 aromatic rings. The lowest BCUT2D eigenvalue weighted by molar-refractivity contribution is 0.384. The van der Waals surface area contributed by atoms with Crippen LogP contribution in [-0.4, -0.2) is 10.1 Å². The summed E-state index contributed by atoms with van der Waals surface area (Å²) in [6, 6.07) is 13.6. The standard InChI is InChI=1S/C13H9BrN2O2/c14-11-7-6-10(17-11)13-15-12(18-16-13)8-9-4-2-1-3-5-9/h1-7H,8H2. The summed E-state index contributed by atoms with van der Waals surface area (Å²) in [7, 11) is 0. The molecule has 90 valence electrons. The summed E-state index contributed by atoms with van der Waals surface area (Å²) in [5.74, 6) is 1.63. The number of rotatable bonds is 3. The van der Waals surface area contributed by atoms with Crippen LogP contribution in [0, 0.1) is 0 Å². The minimum Gasteiger partial charge on any atom is -0.446 e. The molecule has 0 amide bonds. The number of aromatic nitrogens is 2. The van der Waals surface area contributed by atoms with Gasteiger partial charge in [0.2, 0.25) is 11.7 Å². The van der Waals surface area contributed by atoms with Crippen LogP contribution in [-0.2, 0) is 6.42 Å².